The van der Waals surface area contributed by atoms with Gasteiger partial charge < -0.3 is 0 Å². The summed E-state index contributed by atoms with van der Waals surface area (Å²) >= 11 is 0. The molecule has 0 aromatic heterocycles. The maximum Gasteiger partial charge on any atom is 0.228 e. The predicted molar refractivity (Wildman–Crippen MR) is 70.4 cm³/mol. The summed E-state index contributed by atoms with van der Waals surface area (Å²) in [6.45, 7) is 8.12. The van der Waals surface area contributed by atoms with Gasteiger partial charge in [-0.2, -0.15) is 0 Å². The second kappa shape index (κ2) is 4.52. The number of hydrogen-bond acceptors (Lipinski definition) is 3. The van der Waals surface area contributed by atoms with E-state index in [-0.39, 0.29) is 10.7 Å². The first-order chi connectivity index (χ1) is 8.10. The highest BCUT2D eigenvalue weighted by molar-refractivity contribution is 6.00. The molecule has 0 fully saturated rings. The van der Waals surface area contributed by atoms with Crippen LogP contribution >= 0.6 is 0 Å². The summed E-state index contributed by atoms with van der Waals surface area (Å²) in [5.74, 6) is -0.201. The van der Waals surface area contributed by atoms with Gasteiger partial charge in [-0.3, -0.25) is 14.9 Å². The van der Waals surface area contributed by atoms with Crippen molar-refractivity contribution in [1.29, 1.82) is 0 Å². The van der Waals surface area contributed by atoms with Crippen molar-refractivity contribution >= 4 is 5.78 Å². The standard InChI is InChI=1S/C14H19NO3/c1-10-7-6-8-11(9-10)12(16)13(2,3)14(4,5)15(17)18/h6-9H,1-5H3. The van der Waals surface area contributed by atoms with Crippen molar-refractivity contribution in [2.45, 2.75) is 40.2 Å². The molecule has 0 aliphatic rings. The molecule has 1 aromatic rings. The van der Waals surface area contributed by atoms with Crippen LogP contribution in [0.3, 0.4) is 0 Å². The van der Waals surface area contributed by atoms with Gasteiger partial charge in [0.1, 0.15) is 0 Å². The lowest BCUT2D eigenvalue weighted by Gasteiger charge is -2.32. The topological polar surface area (TPSA) is 60.2 Å². The van der Waals surface area contributed by atoms with Crippen molar-refractivity contribution in [3.8, 4) is 0 Å². The van der Waals surface area contributed by atoms with Crippen LogP contribution in [-0.2, 0) is 0 Å². The van der Waals surface area contributed by atoms with Crippen LogP contribution in [-0.4, -0.2) is 16.2 Å². The van der Waals surface area contributed by atoms with Crippen molar-refractivity contribution in [2.75, 3.05) is 0 Å². The van der Waals surface area contributed by atoms with Gasteiger partial charge in [-0.1, -0.05) is 23.8 Å². The van der Waals surface area contributed by atoms with E-state index in [1.54, 1.807) is 32.0 Å². The SMILES string of the molecule is Cc1cccc(C(=O)C(C)(C)C(C)(C)[N+](=O)[O-])c1. The summed E-state index contributed by atoms with van der Waals surface area (Å²) in [5, 5.41) is 11.1. The van der Waals surface area contributed by atoms with Crippen molar-refractivity contribution in [3.05, 3.63) is 45.5 Å². The Morgan fingerprint density at radius 1 is 1.22 bits per heavy atom. The fraction of sp³-hybridized carbons (Fsp3) is 0.500. The minimum Gasteiger partial charge on any atom is -0.293 e. The highest BCUT2D eigenvalue weighted by Crippen LogP contribution is 2.36. The summed E-state index contributed by atoms with van der Waals surface area (Å²) in [4.78, 5) is 23.2. The van der Waals surface area contributed by atoms with Gasteiger partial charge in [0.2, 0.25) is 5.54 Å². The zero-order valence-corrected chi connectivity index (χ0v) is 11.5. The van der Waals surface area contributed by atoms with Gasteiger partial charge in [-0.15, -0.1) is 0 Å². The van der Waals surface area contributed by atoms with Crippen LogP contribution in [0.15, 0.2) is 24.3 Å². The summed E-state index contributed by atoms with van der Waals surface area (Å²) in [6.07, 6.45) is 0. The van der Waals surface area contributed by atoms with Gasteiger partial charge in [0, 0.05) is 24.3 Å². The van der Waals surface area contributed by atoms with E-state index in [1.165, 1.54) is 13.8 Å². The Labute approximate surface area is 107 Å². The lowest BCUT2D eigenvalue weighted by Crippen LogP contribution is -2.50. The van der Waals surface area contributed by atoms with Crippen LogP contribution in [0.4, 0.5) is 0 Å². The average Bonchev–Trinajstić information content (AvgIpc) is 2.27. The molecule has 0 unspecified atom stereocenters. The summed E-state index contributed by atoms with van der Waals surface area (Å²) in [6, 6.07) is 7.15. The number of rotatable bonds is 4. The number of nitro groups is 1. The highest BCUT2D eigenvalue weighted by Gasteiger charge is 2.52. The van der Waals surface area contributed by atoms with E-state index in [0.29, 0.717) is 5.56 Å². The Morgan fingerprint density at radius 2 is 1.78 bits per heavy atom. The Bertz CT molecular complexity index is 490. The van der Waals surface area contributed by atoms with Gasteiger partial charge in [-0.25, -0.2) is 0 Å². The molecule has 0 saturated heterocycles. The van der Waals surface area contributed by atoms with E-state index in [0.717, 1.165) is 5.56 Å². The van der Waals surface area contributed by atoms with Crippen LogP contribution in [0.2, 0.25) is 0 Å². The fourth-order valence-corrected chi connectivity index (χ4v) is 1.65. The second-order valence-electron chi connectivity index (χ2n) is 5.64. The van der Waals surface area contributed by atoms with Gasteiger partial charge in [0.25, 0.3) is 0 Å². The maximum absolute atomic E-state index is 12.5. The number of Topliss-reactive ketones (excluding diaryl/α,β-unsaturated/α-hetero) is 1. The zero-order chi connectivity index (χ0) is 14.1. The van der Waals surface area contributed by atoms with E-state index in [2.05, 4.69) is 0 Å². The van der Waals surface area contributed by atoms with Crippen molar-refractivity contribution < 1.29 is 9.72 Å². The monoisotopic (exact) mass is 249 g/mol. The summed E-state index contributed by atoms with van der Waals surface area (Å²) < 4.78 is 0. The molecular formula is C14H19NO3. The highest BCUT2D eigenvalue weighted by atomic mass is 16.6. The molecule has 0 amide bonds. The van der Waals surface area contributed by atoms with Crippen LogP contribution in [0.5, 0.6) is 0 Å². The fourth-order valence-electron chi connectivity index (χ4n) is 1.65. The molecule has 4 nitrogen and oxygen atoms in total. The Hall–Kier alpha value is -1.71. The first-order valence-corrected chi connectivity index (χ1v) is 5.86. The van der Waals surface area contributed by atoms with E-state index < -0.39 is 11.0 Å². The van der Waals surface area contributed by atoms with Gasteiger partial charge in [-0.05, 0) is 26.8 Å². The minimum atomic E-state index is -1.31. The quantitative estimate of drug-likeness (QED) is 0.467. The van der Waals surface area contributed by atoms with Crippen LogP contribution in [0.25, 0.3) is 0 Å². The Morgan fingerprint density at radius 3 is 2.22 bits per heavy atom. The lowest BCUT2D eigenvalue weighted by atomic mass is 9.70. The molecule has 0 saturated carbocycles. The number of carbonyl (C=O) groups is 1. The molecule has 0 atom stereocenters. The van der Waals surface area contributed by atoms with E-state index in [9.17, 15) is 14.9 Å². The zero-order valence-electron chi connectivity index (χ0n) is 11.5. The third-order valence-corrected chi connectivity index (χ3v) is 3.83. The molecule has 0 spiro atoms. The molecular weight excluding hydrogens is 230 g/mol. The number of aryl methyl sites for hydroxylation is 1. The number of benzene rings is 1. The molecule has 0 N–H and O–H groups in total. The molecule has 18 heavy (non-hydrogen) atoms. The molecule has 1 rings (SSSR count). The maximum atomic E-state index is 12.5. The number of carbonyl (C=O) groups excluding carboxylic acids is 1. The molecule has 0 aliphatic carbocycles. The van der Waals surface area contributed by atoms with Gasteiger partial charge in [0.15, 0.2) is 5.78 Å². The normalized spacial score (nSPS) is 12.3. The van der Waals surface area contributed by atoms with E-state index in [1.807, 2.05) is 13.0 Å². The second-order valence-corrected chi connectivity index (χ2v) is 5.64. The molecule has 0 heterocycles. The number of hydrogen-bond donors (Lipinski definition) is 0. The van der Waals surface area contributed by atoms with Crippen LogP contribution in [0.1, 0.15) is 43.6 Å². The smallest absolute Gasteiger partial charge is 0.228 e. The molecule has 0 bridgehead atoms. The molecule has 0 aliphatic heterocycles. The predicted octanol–water partition coefficient (Wildman–Crippen LogP) is 3.26. The molecule has 1 aromatic carbocycles. The lowest BCUT2D eigenvalue weighted by molar-refractivity contribution is -0.575. The first-order valence-electron chi connectivity index (χ1n) is 5.86. The number of nitrogens with zero attached hydrogens (tertiary/aromatic N) is 1. The largest absolute Gasteiger partial charge is 0.293 e. The molecule has 98 valence electrons. The molecule has 0 radical (unpaired) electrons. The van der Waals surface area contributed by atoms with Gasteiger partial charge >= 0.3 is 0 Å². The minimum absolute atomic E-state index is 0.201. The van der Waals surface area contributed by atoms with E-state index >= 15 is 0 Å². The third kappa shape index (κ3) is 2.28. The first kappa shape index (κ1) is 14.4. The Kier molecular flexibility index (Phi) is 3.60. The third-order valence-electron chi connectivity index (χ3n) is 3.83. The Balaban J connectivity index is 3.21. The van der Waals surface area contributed by atoms with Crippen molar-refractivity contribution in [2.24, 2.45) is 5.41 Å². The average molecular weight is 249 g/mol. The van der Waals surface area contributed by atoms with Crippen LogP contribution < -0.4 is 0 Å². The van der Waals surface area contributed by atoms with E-state index in [4.69, 9.17) is 0 Å². The molecule has 4 heteroatoms. The van der Waals surface area contributed by atoms with Crippen LogP contribution in [0, 0.1) is 22.5 Å². The number of ketones is 1. The summed E-state index contributed by atoms with van der Waals surface area (Å²) in [7, 11) is 0. The van der Waals surface area contributed by atoms with Gasteiger partial charge in [0.05, 0.1) is 5.41 Å². The summed E-state index contributed by atoms with van der Waals surface area (Å²) in [5.41, 5.74) is -0.886. The van der Waals surface area contributed by atoms with Crippen molar-refractivity contribution in [3.63, 3.8) is 0 Å². The van der Waals surface area contributed by atoms with Crippen molar-refractivity contribution in [1.82, 2.24) is 0 Å².